The molecule has 1 aliphatic rings. The molecule has 1 saturated heterocycles. The molecule has 2 aromatic rings. The number of anilines is 1. The Hall–Kier alpha value is -2.60. The van der Waals surface area contributed by atoms with E-state index in [1.54, 1.807) is 48.0 Å². The van der Waals surface area contributed by atoms with Crippen LogP contribution in [0.3, 0.4) is 0 Å². The summed E-state index contributed by atoms with van der Waals surface area (Å²) in [5.41, 5.74) is 2.10. The maximum Gasteiger partial charge on any atom is 0.253 e. The Labute approximate surface area is 157 Å². The van der Waals surface area contributed by atoms with Gasteiger partial charge in [0.2, 0.25) is 11.8 Å². The summed E-state index contributed by atoms with van der Waals surface area (Å²) < 4.78 is 0. The van der Waals surface area contributed by atoms with Gasteiger partial charge in [0.1, 0.15) is 0 Å². The first-order valence-corrected chi connectivity index (χ1v) is 9.56. The summed E-state index contributed by atoms with van der Waals surface area (Å²) in [6.45, 7) is 0.512. The zero-order valence-electron chi connectivity index (χ0n) is 14.8. The topological polar surface area (TPSA) is 57.7 Å². The van der Waals surface area contributed by atoms with Crippen molar-refractivity contribution in [1.29, 1.82) is 0 Å². The molecule has 134 valence electrons. The molecule has 0 aromatic heterocycles. The van der Waals surface area contributed by atoms with Crippen LogP contribution in [0.4, 0.5) is 5.69 Å². The largest absolute Gasteiger partial charge is 0.337 e. The predicted molar refractivity (Wildman–Crippen MR) is 102 cm³/mol. The van der Waals surface area contributed by atoms with Gasteiger partial charge in [0, 0.05) is 36.9 Å². The first kappa shape index (κ1) is 18.2. The third-order valence-corrected chi connectivity index (χ3v) is 5.09. The van der Waals surface area contributed by atoms with Crippen LogP contribution in [0.2, 0.25) is 0 Å². The van der Waals surface area contributed by atoms with Crippen molar-refractivity contribution in [2.75, 3.05) is 18.2 Å². The van der Waals surface area contributed by atoms with Crippen LogP contribution in [-0.2, 0) is 16.1 Å². The Kier molecular flexibility index (Phi) is 5.42. The van der Waals surface area contributed by atoms with Gasteiger partial charge < -0.3 is 4.90 Å². The summed E-state index contributed by atoms with van der Waals surface area (Å²) in [7, 11) is 1.76. The van der Waals surface area contributed by atoms with Gasteiger partial charge in [-0.25, -0.2) is 0 Å². The van der Waals surface area contributed by atoms with E-state index < -0.39 is 0 Å². The highest BCUT2D eigenvalue weighted by Crippen LogP contribution is 2.23. The molecule has 3 rings (SSSR count). The molecule has 0 bridgehead atoms. The molecular weight excluding hydrogens is 348 g/mol. The molecule has 6 heteroatoms. The molecule has 3 amide bonds. The highest BCUT2D eigenvalue weighted by Gasteiger charge is 2.30. The molecule has 2 aromatic carbocycles. The molecule has 0 unspecified atom stereocenters. The third kappa shape index (κ3) is 3.80. The van der Waals surface area contributed by atoms with Crippen LogP contribution in [0.1, 0.15) is 28.8 Å². The van der Waals surface area contributed by atoms with Crippen LogP contribution in [0.15, 0.2) is 53.4 Å². The molecule has 1 heterocycles. The van der Waals surface area contributed by atoms with E-state index in [0.29, 0.717) is 17.8 Å². The lowest BCUT2D eigenvalue weighted by atomic mass is 10.1. The van der Waals surface area contributed by atoms with E-state index >= 15 is 0 Å². The minimum absolute atomic E-state index is 0.107. The molecule has 26 heavy (non-hydrogen) atoms. The van der Waals surface area contributed by atoms with E-state index in [1.165, 1.54) is 9.80 Å². The fourth-order valence-electron chi connectivity index (χ4n) is 2.91. The van der Waals surface area contributed by atoms with Crippen LogP contribution in [0.5, 0.6) is 0 Å². The van der Waals surface area contributed by atoms with Crippen molar-refractivity contribution < 1.29 is 14.4 Å². The Balaban J connectivity index is 1.68. The van der Waals surface area contributed by atoms with Crippen molar-refractivity contribution in [3.05, 3.63) is 59.7 Å². The summed E-state index contributed by atoms with van der Waals surface area (Å²) in [6, 6.07) is 14.7. The van der Waals surface area contributed by atoms with Gasteiger partial charge in [-0.1, -0.05) is 12.1 Å². The standard InChI is InChI=1S/C20H20N2O3S/c1-21(13-14-3-9-17(26-2)10-4-14)20(25)15-5-7-16(8-6-15)22-18(23)11-12-19(22)24/h3-10H,11-13H2,1-2H3. The van der Waals surface area contributed by atoms with Crippen molar-refractivity contribution in [2.45, 2.75) is 24.3 Å². The predicted octanol–water partition coefficient (Wildman–Crippen LogP) is 3.33. The van der Waals surface area contributed by atoms with Crippen molar-refractivity contribution >= 4 is 35.2 Å². The zero-order chi connectivity index (χ0) is 18.7. The summed E-state index contributed by atoms with van der Waals surface area (Å²) in [5, 5.41) is 0. The van der Waals surface area contributed by atoms with Crippen LogP contribution in [0, 0.1) is 0 Å². The normalized spacial score (nSPS) is 14.0. The molecule has 0 N–H and O–H groups in total. The monoisotopic (exact) mass is 368 g/mol. The first-order chi connectivity index (χ1) is 12.5. The van der Waals surface area contributed by atoms with Gasteiger partial charge in [0.05, 0.1) is 5.69 Å². The molecule has 0 spiro atoms. The van der Waals surface area contributed by atoms with Crippen LogP contribution in [-0.4, -0.2) is 35.9 Å². The number of thioether (sulfide) groups is 1. The van der Waals surface area contributed by atoms with Gasteiger partial charge in [-0.15, -0.1) is 11.8 Å². The minimum atomic E-state index is -0.195. The van der Waals surface area contributed by atoms with E-state index in [2.05, 4.69) is 0 Å². The fraction of sp³-hybridized carbons (Fsp3) is 0.250. The minimum Gasteiger partial charge on any atom is -0.337 e. The summed E-state index contributed by atoms with van der Waals surface area (Å²) in [4.78, 5) is 40.2. The van der Waals surface area contributed by atoms with Crippen LogP contribution < -0.4 is 4.90 Å². The van der Waals surface area contributed by atoms with Crippen molar-refractivity contribution in [1.82, 2.24) is 4.90 Å². The zero-order valence-corrected chi connectivity index (χ0v) is 15.6. The number of hydrogen-bond acceptors (Lipinski definition) is 4. The summed E-state index contributed by atoms with van der Waals surface area (Å²) >= 11 is 1.68. The molecular formula is C20H20N2O3S. The smallest absolute Gasteiger partial charge is 0.253 e. The highest BCUT2D eigenvalue weighted by atomic mass is 32.2. The van der Waals surface area contributed by atoms with Crippen molar-refractivity contribution in [3.8, 4) is 0 Å². The Bertz CT molecular complexity index is 815. The number of hydrogen-bond donors (Lipinski definition) is 0. The first-order valence-electron chi connectivity index (χ1n) is 8.34. The van der Waals surface area contributed by atoms with Gasteiger partial charge in [-0.05, 0) is 48.2 Å². The molecule has 0 aliphatic carbocycles. The number of rotatable bonds is 5. The maximum absolute atomic E-state index is 12.6. The van der Waals surface area contributed by atoms with Gasteiger partial charge in [-0.3, -0.25) is 19.3 Å². The highest BCUT2D eigenvalue weighted by molar-refractivity contribution is 7.98. The van der Waals surface area contributed by atoms with Gasteiger partial charge in [-0.2, -0.15) is 0 Å². The summed E-state index contributed by atoms with van der Waals surface area (Å²) in [5.74, 6) is -0.496. The molecule has 0 atom stereocenters. The second kappa shape index (κ2) is 7.74. The second-order valence-corrected chi connectivity index (χ2v) is 7.06. The van der Waals surface area contributed by atoms with Gasteiger partial charge in [0.15, 0.2) is 0 Å². The number of carbonyl (C=O) groups excluding carboxylic acids is 3. The van der Waals surface area contributed by atoms with Crippen LogP contribution in [0.25, 0.3) is 0 Å². The molecule has 1 fully saturated rings. The lowest BCUT2D eigenvalue weighted by Crippen LogP contribution is -2.29. The van der Waals surface area contributed by atoms with E-state index in [-0.39, 0.29) is 30.6 Å². The SMILES string of the molecule is CSc1ccc(CN(C)C(=O)c2ccc(N3C(=O)CCC3=O)cc2)cc1. The average molecular weight is 368 g/mol. The van der Waals surface area contributed by atoms with Crippen molar-refractivity contribution in [2.24, 2.45) is 0 Å². The van der Waals surface area contributed by atoms with Crippen LogP contribution >= 0.6 is 11.8 Å². The maximum atomic E-state index is 12.6. The Morgan fingerprint density at radius 3 is 2.12 bits per heavy atom. The van der Waals surface area contributed by atoms with Gasteiger partial charge in [0.25, 0.3) is 5.91 Å². The third-order valence-electron chi connectivity index (χ3n) is 4.35. The molecule has 0 radical (unpaired) electrons. The van der Waals surface area contributed by atoms with E-state index in [4.69, 9.17) is 0 Å². The van der Waals surface area contributed by atoms with E-state index in [1.807, 2.05) is 30.5 Å². The Morgan fingerprint density at radius 1 is 1.00 bits per heavy atom. The molecule has 5 nitrogen and oxygen atoms in total. The molecule has 0 saturated carbocycles. The summed E-state index contributed by atoms with van der Waals surface area (Å²) in [6.07, 6.45) is 2.52. The molecule has 1 aliphatic heterocycles. The number of benzene rings is 2. The van der Waals surface area contributed by atoms with E-state index in [0.717, 1.165) is 5.56 Å². The second-order valence-electron chi connectivity index (χ2n) is 6.18. The lowest BCUT2D eigenvalue weighted by molar-refractivity contribution is -0.121. The fourth-order valence-corrected chi connectivity index (χ4v) is 3.32. The number of carbonyl (C=O) groups is 3. The number of amides is 3. The number of imide groups is 1. The van der Waals surface area contributed by atoms with E-state index in [9.17, 15) is 14.4 Å². The quantitative estimate of drug-likeness (QED) is 0.600. The van der Waals surface area contributed by atoms with Crippen molar-refractivity contribution in [3.63, 3.8) is 0 Å². The van der Waals surface area contributed by atoms with Gasteiger partial charge >= 0.3 is 0 Å². The Morgan fingerprint density at radius 2 is 1.58 bits per heavy atom. The average Bonchev–Trinajstić information content (AvgIpc) is 3.00. The lowest BCUT2D eigenvalue weighted by Gasteiger charge is -2.19. The number of nitrogens with zero attached hydrogens (tertiary/aromatic N) is 2.